The molecule has 2 N–H and O–H groups in total. The first-order valence-electron chi connectivity index (χ1n) is 12.8. The van der Waals surface area contributed by atoms with E-state index >= 15 is 0 Å². The molecule has 1 fully saturated rings. The van der Waals surface area contributed by atoms with Crippen LogP contribution < -0.4 is 9.47 Å². The van der Waals surface area contributed by atoms with Crippen molar-refractivity contribution in [1.82, 2.24) is 9.88 Å². The number of hydrogen-bond donors (Lipinski definition) is 2. The van der Waals surface area contributed by atoms with E-state index in [1.54, 1.807) is 32.2 Å². The van der Waals surface area contributed by atoms with Gasteiger partial charge in [-0.3, -0.25) is 9.78 Å². The van der Waals surface area contributed by atoms with Gasteiger partial charge in [-0.05, 0) is 91.7 Å². The first kappa shape index (κ1) is 27.2. The van der Waals surface area contributed by atoms with Gasteiger partial charge in [-0.2, -0.15) is 0 Å². The Hall–Kier alpha value is -2.81. The second-order valence-electron chi connectivity index (χ2n) is 9.61. The van der Waals surface area contributed by atoms with Crippen LogP contribution >= 0.6 is 11.8 Å². The van der Waals surface area contributed by atoms with Crippen LogP contribution in [-0.4, -0.2) is 65.7 Å². The number of likely N-dealkylation sites (tertiary alicyclic amines) is 1. The monoisotopic (exact) mass is 524 g/mol. The quantitative estimate of drug-likeness (QED) is 0.310. The van der Waals surface area contributed by atoms with Crippen molar-refractivity contribution < 1.29 is 24.5 Å². The molecule has 7 nitrogen and oxygen atoms in total. The van der Waals surface area contributed by atoms with Crippen molar-refractivity contribution in [2.45, 2.75) is 36.7 Å². The molecule has 3 atom stereocenters. The van der Waals surface area contributed by atoms with Crippen molar-refractivity contribution in [3.05, 3.63) is 60.3 Å². The molecule has 0 saturated carbocycles. The predicted octanol–water partition coefficient (Wildman–Crippen LogP) is 5.27. The van der Waals surface area contributed by atoms with Crippen LogP contribution in [0, 0.1) is 11.8 Å². The number of carbonyl (C=O) groups is 1. The Bertz CT molecular complexity index is 1170. The van der Waals surface area contributed by atoms with Gasteiger partial charge in [0.05, 0.1) is 25.8 Å². The molecule has 3 aromatic rings. The number of pyridine rings is 1. The molecule has 0 radical (unpaired) electrons. The Balaban J connectivity index is 1.33. The van der Waals surface area contributed by atoms with E-state index in [2.05, 4.69) is 22.0 Å². The largest absolute Gasteiger partial charge is 0.497 e. The number of nitrogens with zero attached hydrogens (tertiary/aromatic N) is 2. The zero-order valence-electron chi connectivity index (χ0n) is 21.5. The van der Waals surface area contributed by atoms with Crippen LogP contribution in [0.1, 0.15) is 37.4 Å². The SMILES string of the molecule is COc1ccc(SCCN2CC[C@@H](CC[C@H](O)c3ccnc4ccc(OC)cc34)[C@@H](CC(=O)O)C2)cc1. The number of aliphatic hydroxyl groups excluding tert-OH is 1. The first-order chi connectivity index (χ1) is 18.0. The Morgan fingerprint density at radius 2 is 1.86 bits per heavy atom. The highest BCUT2D eigenvalue weighted by molar-refractivity contribution is 7.99. The minimum absolute atomic E-state index is 0.0821. The number of methoxy groups -OCH3 is 2. The molecule has 2 heterocycles. The number of aliphatic carboxylic acids is 1. The molecule has 0 aliphatic carbocycles. The standard InChI is InChI=1S/C29H36N2O5S/c1-35-22-4-7-24(8-5-22)37-16-15-31-14-12-20(21(19-31)17-29(33)34)3-10-28(32)25-11-13-30-27-9-6-23(36-2)18-26(25)27/h4-9,11,13,18,20-21,28,32H,3,10,12,14-17,19H2,1-2H3,(H,33,34)/t20-,21+,28+/m1/s1. The van der Waals surface area contributed by atoms with Crippen LogP contribution in [-0.2, 0) is 4.79 Å². The number of carboxylic acids is 1. The maximum atomic E-state index is 11.6. The van der Waals surface area contributed by atoms with Gasteiger partial charge in [-0.25, -0.2) is 0 Å². The number of benzene rings is 2. The van der Waals surface area contributed by atoms with Crippen molar-refractivity contribution in [3.8, 4) is 11.5 Å². The summed E-state index contributed by atoms with van der Waals surface area (Å²) in [5.74, 6) is 2.14. The summed E-state index contributed by atoms with van der Waals surface area (Å²) in [7, 11) is 3.29. The highest BCUT2D eigenvalue weighted by Crippen LogP contribution is 2.35. The molecule has 1 aliphatic rings. The van der Waals surface area contributed by atoms with Gasteiger partial charge in [0.1, 0.15) is 11.5 Å². The predicted molar refractivity (Wildman–Crippen MR) is 146 cm³/mol. The third-order valence-electron chi connectivity index (χ3n) is 7.30. The third-order valence-corrected chi connectivity index (χ3v) is 8.29. The molecular weight excluding hydrogens is 488 g/mol. The third kappa shape index (κ3) is 7.37. The van der Waals surface area contributed by atoms with Crippen LogP contribution in [0.5, 0.6) is 11.5 Å². The van der Waals surface area contributed by atoms with Crippen molar-refractivity contribution in [3.63, 3.8) is 0 Å². The van der Waals surface area contributed by atoms with Crippen molar-refractivity contribution >= 4 is 28.6 Å². The molecule has 8 heteroatoms. The van der Waals surface area contributed by atoms with Gasteiger partial charge >= 0.3 is 5.97 Å². The number of carboxylic acid groups (broad SMARTS) is 1. The van der Waals surface area contributed by atoms with Crippen molar-refractivity contribution in [2.24, 2.45) is 11.8 Å². The fourth-order valence-electron chi connectivity index (χ4n) is 5.25. The van der Waals surface area contributed by atoms with Gasteiger partial charge in [0.2, 0.25) is 0 Å². The van der Waals surface area contributed by atoms with E-state index in [1.165, 1.54) is 4.90 Å². The molecule has 4 rings (SSSR count). The van der Waals surface area contributed by atoms with Crippen LogP contribution in [0.4, 0.5) is 0 Å². The topological polar surface area (TPSA) is 92.1 Å². The second-order valence-corrected chi connectivity index (χ2v) is 10.8. The number of fused-ring (bicyclic) bond motifs is 1. The number of hydrogen-bond acceptors (Lipinski definition) is 7. The Kier molecular flexibility index (Phi) is 9.66. The molecule has 0 spiro atoms. The number of ether oxygens (including phenoxy) is 2. The molecule has 2 aromatic carbocycles. The highest BCUT2D eigenvalue weighted by atomic mass is 32.2. The van der Waals surface area contributed by atoms with Crippen molar-refractivity contribution in [2.75, 3.05) is 39.6 Å². The van der Waals surface area contributed by atoms with Gasteiger partial charge in [0.15, 0.2) is 0 Å². The molecule has 0 unspecified atom stereocenters. The van der Waals surface area contributed by atoms with Gasteiger partial charge in [-0.1, -0.05) is 0 Å². The summed E-state index contributed by atoms with van der Waals surface area (Å²) in [6, 6.07) is 15.6. The minimum atomic E-state index is -0.753. The van der Waals surface area contributed by atoms with Crippen molar-refractivity contribution in [1.29, 1.82) is 0 Å². The van der Waals surface area contributed by atoms with Crippen LogP contribution in [0.3, 0.4) is 0 Å². The summed E-state index contributed by atoms with van der Waals surface area (Å²) >= 11 is 1.80. The normalized spacial score (nSPS) is 19.0. The minimum Gasteiger partial charge on any atom is -0.497 e. The van der Waals surface area contributed by atoms with Gasteiger partial charge < -0.3 is 24.6 Å². The Morgan fingerprint density at radius 1 is 1.11 bits per heavy atom. The second kappa shape index (κ2) is 13.1. The average Bonchev–Trinajstić information content (AvgIpc) is 2.91. The number of piperidine rings is 1. The van der Waals surface area contributed by atoms with E-state index in [4.69, 9.17) is 9.47 Å². The lowest BCUT2D eigenvalue weighted by Crippen LogP contribution is -2.42. The summed E-state index contributed by atoms with van der Waals surface area (Å²) in [5, 5.41) is 21.5. The molecule has 198 valence electrons. The number of thioether (sulfide) groups is 1. The maximum absolute atomic E-state index is 11.6. The molecule has 1 saturated heterocycles. The maximum Gasteiger partial charge on any atom is 0.303 e. The van der Waals surface area contributed by atoms with E-state index in [0.29, 0.717) is 6.42 Å². The summed E-state index contributed by atoms with van der Waals surface area (Å²) in [6.45, 7) is 2.66. The highest BCUT2D eigenvalue weighted by Gasteiger charge is 2.31. The Morgan fingerprint density at radius 3 is 2.59 bits per heavy atom. The lowest BCUT2D eigenvalue weighted by molar-refractivity contribution is -0.139. The lowest BCUT2D eigenvalue weighted by atomic mass is 9.79. The molecule has 0 amide bonds. The number of aliphatic hydroxyl groups is 1. The average molecular weight is 525 g/mol. The smallest absolute Gasteiger partial charge is 0.303 e. The van der Waals surface area contributed by atoms with Crippen LogP contribution in [0.15, 0.2) is 59.6 Å². The van der Waals surface area contributed by atoms with E-state index in [0.717, 1.165) is 66.2 Å². The molecular formula is C29H36N2O5S. The number of rotatable bonds is 12. The van der Waals surface area contributed by atoms with Crippen LogP contribution in [0.25, 0.3) is 10.9 Å². The summed E-state index contributed by atoms with van der Waals surface area (Å²) in [5.41, 5.74) is 1.66. The summed E-state index contributed by atoms with van der Waals surface area (Å²) in [4.78, 5) is 19.6. The van der Waals surface area contributed by atoms with Gasteiger partial charge in [0, 0.05) is 41.7 Å². The van der Waals surface area contributed by atoms with Gasteiger partial charge in [-0.15, -0.1) is 11.8 Å². The summed E-state index contributed by atoms with van der Waals surface area (Å²) < 4.78 is 10.6. The molecule has 37 heavy (non-hydrogen) atoms. The zero-order chi connectivity index (χ0) is 26.2. The fraction of sp³-hybridized carbons (Fsp3) is 0.448. The zero-order valence-corrected chi connectivity index (χ0v) is 22.3. The Labute approximate surface area is 222 Å². The lowest BCUT2D eigenvalue weighted by Gasteiger charge is -2.38. The molecule has 0 bridgehead atoms. The molecule has 1 aliphatic heterocycles. The van der Waals surface area contributed by atoms with E-state index in [1.807, 2.05) is 36.4 Å². The first-order valence-corrected chi connectivity index (χ1v) is 13.8. The van der Waals surface area contributed by atoms with Gasteiger partial charge in [0.25, 0.3) is 0 Å². The molecule has 1 aromatic heterocycles. The van der Waals surface area contributed by atoms with Crippen LogP contribution in [0.2, 0.25) is 0 Å². The van der Waals surface area contributed by atoms with E-state index < -0.39 is 12.1 Å². The van der Waals surface area contributed by atoms with E-state index in [9.17, 15) is 15.0 Å². The fourth-order valence-corrected chi connectivity index (χ4v) is 6.16. The summed E-state index contributed by atoms with van der Waals surface area (Å²) in [6.07, 6.45) is 3.58. The number of aromatic nitrogens is 1. The van der Waals surface area contributed by atoms with E-state index in [-0.39, 0.29) is 18.3 Å².